The van der Waals surface area contributed by atoms with Crippen LogP contribution in [0.1, 0.15) is 12.8 Å². The largest absolute Gasteiger partial charge is 0.507 e. The van der Waals surface area contributed by atoms with Crippen LogP contribution in [0.3, 0.4) is 0 Å². The van der Waals surface area contributed by atoms with Crippen LogP contribution in [0.4, 0.5) is 5.95 Å². The van der Waals surface area contributed by atoms with E-state index in [-0.39, 0.29) is 11.3 Å². The molecule has 0 bridgehead atoms. The Morgan fingerprint density at radius 2 is 2.04 bits per heavy atom. The SMILES string of the molecule is Oc1cc(-c2cn[nH]c2)ccc1-c1cnc(N2CCNC3(CC3)C2)nn1. The van der Waals surface area contributed by atoms with Crippen molar-refractivity contribution in [2.45, 2.75) is 18.4 Å². The van der Waals surface area contributed by atoms with Crippen LogP contribution in [0.15, 0.2) is 36.8 Å². The number of rotatable bonds is 3. The first-order valence-electron chi connectivity index (χ1n) is 8.75. The highest BCUT2D eigenvalue weighted by Crippen LogP contribution is 2.38. The normalized spacial score (nSPS) is 18.2. The second-order valence-corrected chi connectivity index (χ2v) is 6.99. The number of nitrogens with zero attached hydrogens (tertiary/aromatic N) is 5. The molecule has 1 aliphatic heterocycles. The van der Waals surface area contributed by atoms with Crippen molar-refractivity contribution in [2.75, 3.05) is 24.5 Å². The van der Waals surface area contributed by atoms with Crippen molar-refractivity contribution in [1.82, 2.24) is 30.7 Å². The quantitative estimate of drug-likeness (QED) is 0.659. The van der Waals surface area contributed by atoms with Crippen molar-refractivity contribution in [3.8, 4) is 28.1 Å². The Balaban J connectivity index is 1.39. The lowest BCUT2D eigenvalue weighted by molar-refractivity contribution is 0.437. The van der Waals surface area contributed by atoms with Crippen LogP contribution in [0.25, 0.3) is 22.4 Å². The number of benzene rings is 1. The highest BCUT2D eigenvalue weighted by Gasteiger charge is 2.46. The van der Waals surface area contributed by atoms with Gasteiger partial charge in [-0.3, -0.25) is 5.10 Å². The average molecular weight is 349 g/mol. The van der Waals surface area contributed by atoms with Gasteiger partial charge in [-0.05, 0) is 30.5 Å². The molecule has 0 amide bonds. The van der Waals surface area contributed by atoms with E-state index in [0.29, 0.717) is 17.2 Å². The Morgan fingerprint density at radius 3 is 2.73 bits per heavy atom. The molecule has 8 nitrogen and oxygen atoms in total. The second kappa shape index (κ2) is 5.77. The molecule has 132 valence electrons. The predicted molar refractivity (Wildman–Crippen MR) is 96.7 cm³/mol. The first kappa shape index (κ1) is 15.3. The molecule has 8 heteroatoms. The maximum absolute atomic E-state index is 10.4. The van der Waals surface area contributed by atoms with Crippen molar-refractivity contribution in [2.24, 2.45) is 0 Å². The zero-order chi connectivity index (χ0) is 17.6. The van der Waals surface area contributed by atoms with Crippen LogP contribution in [0.2, 0.25) is 0 Å². The van der Waals surface area contributed by atoms with E-state index in [0.717, 1.165) is 30.8 Å². The van der Waals surface area contributed by atoms with E-state index < -0.39 is 0 Å². The minimum Gasteiger partial charge on any atom is -0.507 e. The molecule has 5 rings (SSSR count). The molecule has 26 heavy (non-hydrogen) atoms. The van der Waals surface area contributed by atoms with Crippen LogP contribution in [-0.4, -0.2) is 55.7 Å². The number of aromatic amines is 1. The smallest absolute Gasteiger partial charge is 0.245 e. The third-order valence-electron chi connectivity index (χ3n) is 5.17. The van der Waals surface area contributed by atoms with Gasteiger partial charge in [-0.25, -0.2) is 4.98 Å². The van der Waals surface area contributed by atoms with Gasteiger partial charge in [0.05, 0.1) is 12.4 Å². The lowest BCUT2D eigenvalue weighted by Gasteiger charge is -2.33. The van der Waals surface area contributed by atoms with Crippen molar-refractivity contribution < 1.29 is 5.11 Å². The third kappa shape index (κ3) is 2.68. The van der Waals surface area contributed by atoms with E-state index in [9.17, 15) is 5.11 Å². The Hall–Kier alpha value is -3.00. The van der Waals surface area contributed by atoms with Gasteiger partial charge in [0.2, 0.25) is 5.95 Å². The van der Waals surface area contributed by atoms with Crippen molar-refractivity contribution in [3.63, 3.8) is 0 Å². The fourth-order valence-corrected chi connectivity index (χ4v) is 3.49. The molecule has 2 aromatic heterocycles. The van der Waals surface area contributed by atoms with Gasteiger partial charge >= 0.3 is 0 Å². The van der Waals surface area contributed by atoms with E-state index in [2.05, 4.69) is 35.6 Å². The zero-order valence-corrected chi connectivity index (χ0v) is 14.2. The van der Waals surface area contributed by atoms with Gasteiger partial charge in [0.1, 0.15) is 11.4 Å². The maximum Gasteiger partial charge on any atom is 0.245 e. The highest BCUT2D eigenvalue weighted by molar-refractivity contribution is 5.73. The number of piperazine rings is 1. The summed E-state index contributed by atoms with van der Waals surface area (Å²) in [7, 11) is 0. The summed E-state index contributed by atoms with van der Waals surface area (Å²) < 4.78 is 0. The summed E-state index contributed by atoms with van der Waals surface area (Å²) in [5, 5.41) is 29.3. The molecule has 0 radical (unpaired) electrons. The molecule has 1 aromatic carbocycles. The van der Waals surface area contributed by atoms with Gasteiger partial charge in [-0.2, -0.15) is 5.10 Å². The summed E-state index contributed by atoms with van der Waals surface area (Å²) in [5.41, 5.74) is 3.23. The Bertz CT molecular complexity index is 919. The summed E-state index contributed by atoms with van der Waals surface area (Å²) in [4.78, 5) is 6.67. The minimum absolute atomic E-state index is 0.145. The van der Waals surface area contributed by atoms with Crippen LogP contribution in [0.5, 0.6) is 5.75 Å². The number of nitrogens with one attached hydrogen (secondary N) is 2. The highest BCUT2D eigenvalue weighted by atomic mass is 16.3. The molecule has 1 saturated heterocycles. The van der Waals surface area contributed by atoms with Crippen molar-refractivity contribution >= 4 is 5.95 Å². The second-order valence-electron chi connectivity index (χ2n) is 6.99. The molecule has 1 spiro atoms. The molecule has 2 aliphatic rings. The Kier molecular flexibility index (Phi) is 3.39. The van der Waals surface area contributed by atoms with Crippen LogP contribution < -0.4 is 10.2 Å². The number of hydrogen-bond donors (Lipinski definition) is 3. The van der Waals surface area contributed by atoms with Crippen molar-refractivity contribution in [1.29, 1.82) is 0 Å². The number of aromatic hydroxyl groups is 1. The molecule has 3 N–H and O–H groups in total. The summed E-state index contributed by atoms with van der Waals surface area (Å²) in [6, 6.07) is 5.44. The zero-order valence-electron chi connectivity index (χ0n) is 14.2. The topological polar surface area (TPSA) is 103 Å². The minimum atomic E-state index is 0.145. The summed E-state index contributed by atoms with van der Waals surface area (Å²) >= 11 is 0. The number of phenols is 1. The molecule has 0 unspecified atom stereocenters. The van der Waals surface area contributed by atoms with E-state index in [1.54, 1.807) is 24.7 Å². The third-order valence-corrected chi connectivity index (χ3v) is 5.17. The van der Waals surface area contributed by atoms with E-state index >= 15 is 0 Å². The molecule has 3 aromatic rings. The van der Waals surface area contributed by atoms with Gasteiger partial charge in [0.25, 0.3) is 0 Å². The lowest BCUT2D eigenvalue weighted by Crippen LogP contribution is -2.53. The van der Waals surface area contributed by atoms with Crippen LogP contribution >= 0.6 is 0 Å². The average Bonchev–Trinajstić information content (AvgIpc) is 3.19. The van der Waals surface area contributed by atoms with Gasteiger partial charge in [0.15, 0.2) is 0 Å². The Morgan fingerprint density at radius 1 is 1.12 bits per heavy atom. The van der Waals surface area contributed by atoms with Gasteiger partial charge < -0.3 is 15.3 Å². The molecule has 1 aliphatic carbocycles. The van der Waals surface area contributed by atoms with Gasteiger partial charge in [-0.1, -0.05) is 6.07 Å². The Labute approximate surface area is 150 Å². The first-order chi connectivity index (χ1) is 12.7. The number of anilines is 1. The number of phenolic OH excluding ortho intramolecular Hbond substituents is 1. The van der Waals surface area contributed by atoms with Gasteiger partial charge in [0, 0.05) is 42.5 Å². The summed E-state index contributed by atoms with van der Waals surface area (Å²) in [6.07, 6.45) is 7.60. The standard InChI is InChI=1S/C18H19N7O/c26-16-7-12(13-8-21-22-9-13)1-2-14(16)15-10-19-17(24-23-15)25-6-5-20-18(11-25)3-4-18/h1-2,7-10,20,26H,3-6,11H2,(H,21,22). The number of hydrogen-bond acceptors (Lipinski definition) is 7. The molecular weight excluding hydrogens is 330 g/mol. The molecule has 1 saturated carbocycles. The van der Waals surface area contributed by atoms with E-state index in [1.165, 1.54) is 12.8 Å². The van der Waals surface area contributed by atoms with Gasteiger partial charge in [-0.15, -0.1) is 10.2 Å². The predicted octanol–water partition coefficient (Wildman–Crippen LogP) is 1.58. The van der Waals surface area contributed by atoms with Crippen molar-refractivity contribution in [3.05, 3.63) is 36.8 Å². The number of aromatic nitrogens is 5. The van der Waals surface area contributed by atoms with E-state index in [1.807, 2.05) is 12.1 Å². The van der Waals surface area contributed by atoms with E-state index in [4.69, 9.17) is 0 Å². The monoisotopic (exact) mass is 349 g/mol. The summed E-state index contributed by atoms with van der Waals surface area (Å²) in [6.45, 7) is 2.76. The first-order valence-corrected chi connectivity index (χ1v) is 8.75. The molecule has 0 atom stereocenters. The summed E-state index contributed by atoms with van der Waals surface area (Å²) in [5.74, 6) is 0.794. The fourth-order valence-electron chi connectivity index (χ4n) is 3.49. The molecular formula is C18H19N7O. The number of H-pyrrole nitrogens is 1. The lowest BCUT2D eigenvalue weighted by atomic mass is 10.0. The molecule has 3 heterocycles. The van der Waals surface area contributed by atoms with Crippen LogP contribution in [0, 0.1) is 0 Å². The fraction of sp³-hybridized carbons (Fsp3) is 0.333. The van der Waals surface area contributed by atoms with Crippen LogP contribution in [-0.2, 0) is 0 Å². The molecule has 2 fully saturated rings. The maximum atomic E-state index is 10.4.